The van der Waals surface area contributed by atoms with Crippen molar-refractivity contribution in [2.24, 2.45) is 0 Å². The summed E-state index contributed by atoms with van der Waals surface area (Å²) >= 11 is 3.77. The Morgan fingerprint density at radius 2 is 1.06 bits per heavy atom. The summed E-state index contributed by atoms with van der Waals surface area (Å²) in [5, 5.41) is 2.39. The number of anilines is 1. The van der Waals surface area contributed by atoms with Crippen LogP contribution >= 0.6 is 23.5 Å². The molecule has 5 rings (SSSR count). The van der Waals surface area contributed by atoms with Crippen molar-refractivity contribution < 1.29 is 0 Å². The van der Waals surface area contributed by atoms with E-state index >= 15 is 0 Å². The molecular formula is C28H25N3S2. The zero-order valence-electron chi connectivity index (χ0n) is 18.3. The third-order valence-electron chi connectivity index (χ3n) is 5.55. The molecule has 3 nitrogen and oxygen atoms in total. The molecule has 5 heteroatoms. The number of para-hydroxylation sites is 3. The fourth-order valence-corrected chi connectivity index (χ4v) is 5.95. The molecule has 0 N–H and O–H groups in total. The molecular weight excluding hydrogens is 442 g/mol. The Kier molecular flexibility index (Phi) is 7.09. The Bertz CT molecular complexity index is 1250. The van der Waals surface area contributed by atoms with E-state index in [1.165, 1.54) is 26.3 Å². The topological polar surface area (TPSA) is 29.0 Å². The number of nitrogens with zero attached hydrogens (tertiary/aromatic N) is 3. The lowest BCUT2D eigenvalue weighted by atomic mass is 10.2. The molecule has 0 radical (unpaired) electrons. The van der Waals surface area contributed by atoms with Gasteiger partial charge in [0.15, 0.2) is 0 Å². The average molecular weight is 468 g/mol. The van der Waals surface area contributed by atoms with E-state index in [-0.39, 0.29) is 0 Å². The van der Waals surface area contributed by atoms with E-state index in [1.807, 2.05) is 48.1 Å². The minimum atomic E-state index is 0.978. The van der Waals surface area contributed by atoms with Crippen molar-refractivity contribution >= 4 is 51.0 Å². The van der Waals surface area contributed by atoms with E-state index in [0.717, 1.165) is 35.6 Å². The lowest BCUT2D eigenvalue weighted by Crippen LogP contribution is -2.28. The van der Waals surface area contributed by atoms with E-state index in [4.69, 9.17) is 0 Å². The molecule has 0 unspecified atom stereocenters. The Balaban J connectivity index is 1.25. The van der Waals surface area contributed by atoms with Crippen molar-refractivity contribution in [1.29, 1.82) is 0 Å². The van der Waals surface area contributed by atoms with Crippen LogP contribution in [0, 0.1) is 0 Å². The van der Waals surface area contributed by atoms with Crippen LogP contribution in [-0.2, 0) is 0 Å². The van der Waals surface area contributed by atoms with Gasteiger partial charge in [0.2, 0.25) is 0 Å². The molecule has 0 aliphatic carbocycles. The number of hydrogen-bond acceptors (Lipinski definition) is 5. The second-order valence-corrected chi connectivity index (χ2v) is 9.96. The molecule has 0 aliphatic heterocycles. The molecule has 5 aromatic rings. The monoisotopic (exact) mass is 467 g/mol. The van der Waals surface area contributed by atoms with E-state index in [1.54, 1.807) is 0 Å². The highest BCUT2D eigenvalue weighted by molar-refractivity contribution is 7.99. The Morgan fingerprint density at radius 3 is 1.61 bits per heavy atom. The van der Waals surface area contributed by atoms with Gasteiger partial charge in [-0.25, -0.2) is 0 Å². The predicted molar refractivity (Wildman–Crippen MR) is 144 cm³/mol. The van der Waals surface area contributed by atoms with Crippen LogP contribution in [0.4, 0.5) is 5.69 Å². The number of pyridine rings is 2. The van der Waals surface area contributed by atoms with Gasteiger partial charge in [-0.15, -0.1) is 23.5 Å². The quantitative estimate of drug-likeness (QED) is 0.214. The largest absolute Gasteiger partial charge is 0.370 e. The minimum absolute atomic E-state index is 0.978. The fourth-order valence-electron chi connectivity index (χ4n) is 3.93. The van der Waals surface area contributed by atoms with Gasteiger partial charge in [0.25, 0.3) is 0 Å². The van der Waals surface area contributed by atoms with Crippen LogP contribution in [0.5, 0.6) is 0 Å². The summed E-state index contributed by atoms with van der Waals surface area (Å²) < 4.78 is 0. The van der Waals surface area contributed by atoms with Crippen molar-refractivity contribution in [1.82, 2.24) is 9.97 Å². The molecule has 3 aromatic carbocycles. The summed E-state index contributed by atoms with van der Waals surface area (Å²) in [6.45, 7) is 1.96. The first-order valence-electron chi connectivity index (χ1n) is 11.1. The fraction of sp³-hybridized carbons (Fsp3) is 0.143. The number of hydrogen-bond donors (Lipinski definition) is 0. The van der Waals surface area contributed by atoms with Crippen LogP contribution < -0.4 is 4.90 Å². The minimum Gasteiger partial charge on any atom is -0.370 e. The van der Waals surface area contributed by atoms with Gasteiger partial charge >= 0.3 is 0 Å². The second kappa shape index (κ2) is 10.7. The van der Waals surface area contributed by atoms with Gasteiger partial charge in [0, 0.05) is 63.2 Å². The van der Waals surface area contributed by atoms with Gasteiger partial charge < -0.3 is 4.90 Å². The number of thioether (sulfide) groups is 2. The van der Waals surface area contributed by atoms with Crippen molar-refractivity contribution in [3.8, 4) is 0 Å². The molecule has 164 valence electrons. The normalized spacial score (nSPS) is 11.2. The molecule has 0 saturated heterocycles. The van der Waals surface area contributed by atoms with Crippen LogP contribution in [0.3, 0.4) is 0 Å². The molecule has 0 spiro atoms. The molecule has 0 amide bonds. The maximum Gasteiger partial charge on any atom is 0.0837 e. The summed E-state index contributed by atoms with van der Waals surface area (Å²) in [4.78, 5) is 14.2. The second-order valence-electron chi connectivity index (χ2n) is 7.68. The Labute approximate surface area is 203 Å². The lowest BCUT2D eigenvalue weighted by molar-refractivity contribution is 0.879. The first-order chi connectivity index (χ1) is 16.4. The highest BCUT2D eigenvalue weighted by atomic mass is 32.2. The number of aromatic nitrogens is 2. The molecule has 0 saturated carbocycles. The Hall–Kier alpha value is -3.02. The third kappa shape index (κ3) is 5.32. The number of rotatable bonds is 9. The molecule has 0 bridgehead atoms. The zero-order chi connectivity index (χ0) is 22.3. The van der Waals surface area contributed by atoms with E-state index in [2.05, 4.69) is 93.7 Å². The maximum absolute atomic E-state index is 4.60. The molecule has 0 atom stereocenters. The zero-order valence-corrected chi connectivity index (χ0v) is 19.9. The van der Waals surface area contributed by atoms with Crippen molar-refractivity contribution in [3.63, 3.8) is 0 Å². The number of benzene rings is 3. The summed E-state index contributed by atoms with van der Waals surface area (Å²) in [5.41, 5.74) is 3.45. The van der Waals surface area contributed by atoms with Crippen LogP contribution in [0.1, 0.15) is 0 Å². The smallest absolute Gasteiger partial charge is 0.0837 e. The van der Waals surface area contributed by atoms with Crippen LogP contribution in [0.15, 0.2) is 113 Å². The summed E-state index contributed by atoms with van der Waals surface area (Å²) in [5.74, 6) is 2.01. The summed E-state index contributed by atoms with van der Waals surface area (Å²) in [6.07, 6.45) is 3.75. The third-order valence-corrected chi connectivity index (χ3v) is 7.60. The lowest BCUT2D eigenvalue weighted by Gasteiger charge is -2.25. The van der Waals surface area contributed by atoms with Crippen molar-refractivity contribution in [2.45, 2.75) is 9.79 Å². The van der Waals surface area contributed by atoms with E-state index in [0.29, 0.717) is 0 Å². The predicted octanol–water partition coefficient (Wildman–Crippen LogP) is 7.17. The average Bonchev–Trinajstić information content (AvgIpc) is 2.88. The standard InChI is InChI=1S/C28H25N3S2/c1-2-12-24(13-3-1)31(18-20-32-25-14-4-8-22-10-6-16-29-27(22)25)19-21-33-26-15-5-9-23-11-7-17-30-28(23)26/h1-17H,18-21H2. The van der Waals surface area contributed by atoms with Crippen LogP contribution in [0.25, 0.3) is 21.8 Å². The van der Waals surface area contributed by atoms with E-state index in [9.17, 15) is 0 Å². The molecule has 2 aromatic heterocycles. The SMILES string of the molecule is c1ccc(N(CCSc2cccc3cccnc23)CCSc2cccc3cccnc23)cc1. The molecule has 0 aliphatic rings. The van der Waals surface area contributed by atoms with E-state index < -0.39 is 0 Å². The number of fused-ring (bicyclic) bond motifs is 2. The molecule has 2 heterocycles. The van der Waals surface area contributed by atoms with Gasteiger partial charge in [0.1, 0.15) is 0 Å². The van der Waals surface area contributed by atoms with Gasteiger partial charge in [-0.2, -0.15) is 0 Å². The van der Waals surface area contributed by atoms with Gasteiger partial charge in [-0.1, -0.05) is 54.6 Å². The van der Waals surface area contributed by atoms with Crippen LogP contribution in [-0.4, -0.2) is 34.6 Å². The maximum atomic E-state index is 4.60. The first-order valence-corrected chi connectivity index (χ1v) is 13.1. The summed E-state index contributed by atoms with van der Waals surface area (Å²) in [7, 11) is 0. The van der Waals surface area contributed by atoms with Crippen LogP contribution in [0.2, 0.25) is 0 Å². The molecule has 33 heavy (non-hydrogen) atoms. The van der Waals surface area contributed by atoms with Crippen molar-refractivity contribution in [3.05, 3.63) is 103 Å². The molecule has 0 fully saturated rings. The Morgan fingerprint density at radius 1 is 0.545 bits per heavy atom. The van der Waals surface area contributed by atoms with Gasteiger partial charge in [-0.05, 0) is 36.4 Å². The van der Waals surface area contributed by atoms with Gasteiger partial charge in [-0.3, -0.25) is 9.97 Å². The highest BCUT2D eigenvalue weighted by Crippen LogP contribution is 2.28. The summed E-state index contributed by atoms with van der Waals surface area (Å²) in [6, 6.07) is 31.8. The van der Waals surface area contributed by atoms with Crippen molar-refractivity contribution in [2.75, 3.05) is 29.5 Å². The first kappa shape index (κ1) is 21.8. The highest BCUT2D eigenvalue weighted by Gasteiger charge is 2.09. The van der Waals surface area contributed by atoms with Gasteiger partial charge in [0.05, 0.1) is 11.0 Å².